The normalized spacial score (nSPS) is 17.9. The molecule has 0 bridgehead atoms. The van der Waals surface area contributed by atoms with Crippen LogP contribution < -0.4 is 0 Å². The standard InChI is InChI=1S/C12H14F2N2O4S/c1-15-4-6-16(7-5-15)21(19,20)9-3-2-8(13)10(11(9)14)12(17)18/h2-3H,4-7H2,1H3,(H,17,18). The van der Waals surface area contributed by atoms with Crippen molar-refractivity contribution >= 4 is 16.0 Å². The third kappa shape index (κ3) is 2.89. The predicted octanol–water partition coefficient (Wildman–Crippen LogP) is 0.599. The molecular formula is C12H14F2N2O4S. The molecule has 1 heterocycles. The molecule has 9 heteroatoms. The Bertz CT molecular complexity index is 670. The number of carboxylic acids is 1. The summed E-state index contributed by atoms with van der Waals surface area (Å²) in [5.74, 6) is -4.72. The van der Waals surface area contributed by atoms with E-state index in [4.69, 9.17) is 5.11 Å². The maximum absolute atomic E-state index is 14.1. The monoisotopic (exact) mass is 320 g/mol. The van der Waals surface area contributed by atoms with Crippen LogP contribution in [-0.4, -0.2) is 61.9 Å². The van der Waals surface area contributed by atoms with E-state index in [0.29, 0.717) is 19.2 Å². The van der Waals surface area contributed by atoms with Gasteiger partial charge in [-0.3, -0.25) is 0 Å². The van der Waals surface area contributed by atoms with E-state index in [9.17, 15) is 22.0 Å². The zero-order chi connectivity index (χ0) is 15.8. The van der Waals surface area contributed by atoms with E-state index in [0.717, 1.165) is 10.4 Å². The summed E-state index contributed by atoms with van der Waals surface area (Å²) in [6.07, 6.45) is 0. The number of hydrogen-bond donors (Lipinski definition) is 1. The Morgan fingerprint density at radius 3 is 2.29 bits per heavy atom. The van der Waals surface area contributed by atoms with Gasteiger partial charge in [0.05, 0.1) is 0 Å². The minimum Gasteiger partial charge on any atom is -0.477 e. The summed E-state index contributed by atoms with van der Waals surface area (Å²) in [6, 6.07) is 1.40. The Hall–Kier alpha value is -1.58. The van der Waals surface area contributed by atoms with E-state index in [1.165, 1.54) is 0 Å². The van der Waals surface area contributed by atoms with Crippen molar-refractivity contribution in [3.63, 3.8) is 0 Å². The number of sulfonamides is 1. The molecule has 0 atom stereocenters. The quantitative estimate of drug-likeness (QED) is 0.882. The molecule has 1 aliphatic heterocycles. The fraction of sp³-hybridized carbons (Fsp3) is 0.417. The number of benzene rings is 1. The number of aromatic carboxylic acids is 1. The molecule has 0 saturated carbocycles. The largest absolute Gasteiger partial charge is 0.477 e. The zero-order valence-electron chi connectivity index (χ0n) is 11.2. The second-order valence-corrected chi connectivity index (χ2v) is 6.65. The number of carboxylic acid groups (broad SMARTS) is 1. The topological polar surface area (TPSA) is 77.9 Å². The average molecular weight is 320 g/mol. The third-order valence-corrected chi connectivity index (χ3v) is 5.27. The van der Waals surface area contributed by atoms with Gasteiger partial charge in [-0.2, -0.15) is 4.31 Å². The van der Waals surface area contributed by atoms with Gasteiger partial charge in [-0.05, 0) is 19.2 Å². The highest BCUT2D eigenvalue weighted by atomic mass is 32.2. The van der Waals surface area contributed by atoms with Gasteiger partial charge in [0.25, 0.3) is 0 Å². The molecule has 0 amide bonds. The highest BCUT2D eigenvalue weighted by Crippen LogP contribution is 2.24. The second kappa shape index (κ2) is 5.66. The molecule has 0 aliphatic carbocycles. The van der Waals surface area contributed by atoms with Gasteiger partial charge in [0.15, 0.2) is 5.82 Å². The average Bonchev–Trinajstić information content (AvgIpc) is 2.38. The van der Waals surface area contributed by atoms with Gasteiger partial charge in [-0.15, -0.1) is 0 Å². The van der Waals surface area contributed by atoms with Crippen LogP contribution in [0.1, 0.15) is 10.4 Å². The van der Waals surface area contributed by atoms with Crippen LogP contribution in [0.3, 0.4) is 0 Å². The van der Waals surface area contributed by atoms with Crippen LogP contribution in [0, 0.1) is 11.6 Å². The third-order valence-electron chi connectivity index (χ3n) is 3.35. The molecule has 0 aromatic heterocycles. The Morgan fingerprint density at radius 2 is 1.76 bits per heavy atom. The predicted molar refractivity (Wildman–Crippen MR) is 69.6 cm³/mol. The highest BCUT2D eigenvalue weighted by molar-refractivity contribution is 7.89. The van der Waals surface area contributed by atoms with Crippen LogP contribution in [0.15, 0.2) is 17.0 Å². The molecular weight excluding hydrogens is 306 g/mol. The van der Waals surface area contributed by atoms with E-state index >= 15 is 0 Å². The molecule has 6 nitrogen and oxygen atoms in total. The van der Waals surface area contributed by atoms with Crippen molar-refractivity contribution in [3.05, 3.63) is 29.3 Å². The maximum Gasteiger partial charge on any atom is 0.341 e. The molecule has 0 spiro atoms. The Morgan fingerprint density at radius 1 is 1.19 bits per heavy atom. The van der Waals surface area contributed by atoms with Gasteiger partial charge in [0.2, 0.25) is 10.0 Å². The molecule has 0 unspecified atom stereocenters. The van der Waals surface area contributed by atoms with Crippen LogP contribution in [0.5, 0.6) is 0 Å². The molecule has 1 aliphatic rings. The van der Waals surface area contributed by atoms with Gasteiger partial charge in [0, 0.05) is 26.2 Å². The first-order chi connectivity index (χ1) is 9.75. The summed E-state index contributed by atoms with van der Waals surface area (Å²) < 4.78 is 53.2. The smallest absolute Gasteiger partial charge is 0.341 e. The fourth-order valence-electron chi connectivity index (χ4n) is 2.10. The van der Waals surface area contributed by atoms with Gasteiger partial charge in [-0.1, -0.05) is 0 Å². The first kappa shape index (κ1) is 15.8. The van der Waals surface area contributed by atoms with Gasteiger partial charge in [-0.25, -0.2) is 22.0 Å². The highest BCUT2D eigenvalue weighted by Gasteiger charge is 2.32. The van der Waals surface area contributed by atoms with Crippen molar-refractivity contribution in [2.24, 2.45) is 0 Å². The fourth-order valence-corrected chi connectivity index (χ4v) is 3.59. The van der Waals surface area contributed by atoms with Crippen molar-refractivity contribution in [1.82, 2.24) is 9.21 Å². The van der Waals surface area contributed by atoms with E-state index in [2.05, 4.69) is 0 Å². The van der Waals surface area contributed by atoms with Gasteiger partial charge < -0.3 is 10.0 Å². The molecule has 1 aromatic carbocycles. The zero-order valence-corrected chi connectivity index (χ0v) is 12.0. The Kier molecular flexibility index (Phi) is 4.26. The molecule has 1 fully saturated rings. The van der Waals surface area contributed by atoms with E-state index < -0.39 is 38.1 Å². The lowest BCUT2D eigenvalue weighted by Crippen LogP contribution is -2.47. The molecule has 0 radical (unpaired) electrons. The van der Waals surface area contributed by atoms with Crippen LogP contribution in [0.2, 0.25) is 0 Å². The van der Waals surface area contributed by atoms with Crippen LogP contribution in [0.25, 0.3) is 0 Å². The summed E-state index contributed by atoms with van der Waals surface area (Å²) in [4.78, 5) is 11.9. The molecule has 1 aromatic rings. The lowest BCUT2D eigenvalue weighted by atomic mass is 10.2. The second-order valence-electron chi connectivity index (χ2n) is 4.75. The van der Waals surface area contributed by atoms with Crippen LogP contribution in [-0.2, 0) is 10.0 Å². The van der Waals surface area contributed by atoms with Crippen molar-refractivity contribution in [2.75, 3.05) is 33.2 Å². The van der Waals surface area contributed by atoms with Gasteiger partial charge >= 0.3 is 5.97 Å². The van der Waals surface area contributed by atoms with E-state index in [1.54, 1.807) is 0 Å². The summed E-state index contributed by atoms with van der Waals surface area (Å²) >= 11 is 0. The lowest BCUT2D eigenvalue weighted by molar-refractivity contribution is 0.0685. The van der Waals surface area contributed by atoms with Crippen molar-refractivity contribution < 1.29 is 27.1 Å². The summed E-state index contributed by atoms with van der Waals surface area (Å²) in [6.45, 7) is 1.29. The number of nitrogens with zero attached hydrogens (tertiary/aromatic N) is 2. The molecule has 1 N–H and O–H groups in total. The first-order valence-corrected chi connectivity index (χ1v) is 7.59. The number of carbonyl (C=O) groups is 1. The number of halogens is 2. The Labute approximate surface area is 120 Å². The van der Waals surface area contributed by atoms with Crippen molar-refractivity contribution in [2.45, 2.75) is 4.90 Å². The summed E-state index contributed by atoms with van der Waals surface area (Å²) in [5.41, 5.74) is -1.26. The number of hydrogen-bond acceptors (Lipinski definition) is 4. The Balaban J connectivity index is 2.46. The molecule has 21 heavy (non-hydrogen) atoms. The van der Waals surface area contributed by atoms with Crippen LogP contribution >= 0.6 is 0 Å². The lowest BCUT2D eigenvalue weighted by Gasteiger charge is -2.31. The maximum atomic E-state index is 14.1. The molecule has 2 rings (SSSR count). The minimum absolute atomic E-state index is 0.165. The van der Waals surface area contributed by atoms with Gasteiger partial charge in [0.1, 0.15) is 16.3 Å². The summed E-state index contributed by atoms with van der Waals surface area (Å²) in [7, 11) is -2.36. The first-order valence-electron chi connectivity index (χ1n) is 6.15. The number of piperazine rings is 1. The van der Waals surface area contributed by atoms with E-state index in [-0.39, 0.29) is 13.1 Å². The van der Waals surface area contributed by atoms with Crippen molar-refractivity contribution in [1.29, 1.82) is 0 Å². The molecule has 1 saturated heterocycles. The number of likely N-dealkylation sites (N-methyl/N-ethyl adjacent to an activating group) is 1. The van der Waals surface area contributed by atoms with Crippen LogP contribution in [0.4, 0.5) is 8.78 Å². The van der Waals surface area contributed by atoms with E-state index in [1.807, 2.05) is 11.9 Å². The SMILES string of the molecule is CN1CCN(S(=O)(=O)c2ccc(F)c(C(=O)O)c2F)CC1. The van der Waals surface area contributed by atoms with Crippen molar-refractivity contribution in [3.8, 4) is 0 Å². The molecule has 116 valence electrons. The minimum atomic E-state index is -4.19. The number of rotatable bonds is 3. The summed E-state index contributed by atoms with van der Waals surface area (Å²) in [5, 5.41) is 8.79.